The summed E-state index contributed by atoms with van der Waals surface area (Å²) < 4.78 is 7.57. The molecule has 0 radical (unpaired) electrons. The molecular weight excluding hydrogens is 224 g/mol. The van der Waals surface area contributed by atoms with E-state index in [0.717, 1.165) is 30.8 Å². The average molecular weight is 237 g/mol. The number of rotatable bonds is 2. The number of imidazole rings is 1. The number of aromatic nitrogens is 2. The summed E-state index contributed by atoms with van der Waals surface area (Å²) in [7, 11) is 0. The highest BCUT2D eigenvalue weighted by atomic mass is 35.5. The fraction of sp³-hybridized carbons (Fsp3) is 0.417. The van der Waals surface area contributed by atoms with E-state index in [9.17, 15) is 0 Å². The summed E-state index contributed by atoms with van der Waals surface area (Å²) in [5, 5.41) is 0.695. The van der Waals surface area contributed by atoms with Crippen molar-refractivity contribution in [3.05, 3.63) is 35.2 Å². The zero-order chi connectivity index (χ0) is 11.0. The molecule has 1 atom stereocenters. The molecule has 0 amide bonds. The summed E-state index contributed by atoms with van der Waals surface area (Å²) in [5.74, 6) is 0. The second-order valence-electron chi connectivity index (χ2n) is 4.16. The van der Waals surface area contributed by atoms with Crippen LogP contribution in [-0.4, -0.2) is 22.1 Å². The first-order chi connectivity index (χ1) is 7.83. The predicted molar refractivity (Wildman–Crippen MR) is 62.9 cm³/mol. The van der Waals surface area contributed by atoms with Crippen molar-refractivity contribution in [1.82, 2.24) is 9.38 Å². The summed E-state index contributed by atoms with van der Waals surface area (Å²) >= 11 is 6.07. The number of halogens is 1. The van der Waals surface area contributed by atoms with Gasteiger partial charge in [0.25, 0.3) is 0 Å². The summed E-state index contributed by atoms with van der Waals surface area (Å²) in [4.78, 5) is 4.53. The van der Waals surface area contributed by atoms with Gasteiger partial charge in [-0.25, -0.2) is 4.98 Å². The fourth-order valence-electron chi connectivity index (χ4n) is 2.17. The van der Waals surface area contributed by atoms with E-state index >= 15 is 0 Å². The van der Waals surface area contributed by atoms with Crippen molar-refractivity contribution in [2.75, 3.05) is 6.61 Å². The zero-order valence-electron chi connectivity index (χ0n) is 8.90. The van der Waals surface area contributed by atoms with Crippen LogP contribution in [0.3, 0.4) is 0 Å². The van der Waals surface area contributed by atoms with E-state index in [0.29, 0.717) is 11.1 Å². The molecule has 1 aliphatic rings. The Balaban J connectivity index is 1.90. The highest BCUT2D eigenvalue weighted by Crippen LogP contribution is 2.20. The Labute approximate surface area is 99.0 Å². The average Bonchev–Trinajstić information content (AvgIpc) is 2.88. The number of pyridine rings is 1. The molecule has 3 nitrogen and oxygen atoms in total. The molecule has 4 heteroatoms. The first kappa shape index (κ1) is 10.1. The van der Waals surface area contributed by atoms with Crippen LogP contribution in [0.4, 0.5) is 0 Å². The maximum Gasteiger partial charge on any atom is 0.155 e. The molecule has 84 valence electrons. The molecule has 0 aromatic carbocycles. The molecule has 1 fully saturated rings. The molecule has 16 heavy (non-hydrogen) atoms. The van der Waals surface area contributed by atoms with Gasteiger partial charge in [-0.1, -0.05) is 11.6 Å². The topological polar surface area (TPSA) is 26.5 Å². The van der Waals surface area contributed by atoms with E-state index in [1.807, 2.05) is 28.9 Å². The van der Waals surface area contributed by atoms with Gasteiger partial charge < -0.3 is 9.14 Å². The Morgan fingerprint density at radius 2 is 2.50 bits per heavy atom. The third-order valence-electron chi connectivity index (χ3n) is 2.95. The zero-order valence-corrected chi connectivity index (χ0v) is 9.65. The van der Waals surface area contributed by atoms with Gasteiger partial charge in [0.15, 0.2) is 5.65 Å². The van der Waals surface area contributed by atoms with Gasteiger partial charge in [0, 0.05) is 25.4 Å². The van der Waals surface area contributed by atoms with Gasteiger partial charge in [-0.05, 0) is 25.0 Å². The lowest BCUT2D eigenvalue weighted by Crippen LogP contribution is -2.08. The number of fused-ring (bicyclic) bond motifs is 1. The number of hydrogen-bond donors (Lipinski definition) is 0. The first-order valence-electron chi connectivity index (χ1n) is 5.56. The fourth-order valence-corrected chi connectivity index (χ4v) is 2.38. The van der Waals surface area contributed by atoms with Crippen molar-refractivity contribution in [3.8, 4) is 0 Å². The predicted octanol–water partition coefficient (Wildman–Crippen LogP) is 2.71. The second kappa shape index (κ2) is 4.07. The monoisotopic (exact) mass is 236 g/mol. The Bertz CT molecular complexity index is 503. The van der Waals surface area contributed by atoms with Gasteiger partial charge in [0.2, 0.25) is 0 Å². The molecule has 2 aromatic rings. The van der Waals surface area contributed by atoms with Crippen LogP contribution in [0, 0.1) is 0 Å². The minimum absolute atomic E-state index is 0.337. The van der Waals surface area contributed by atoms with Crippen LogP contribution >= 0.6 is 11.6 Å². The van der Waals surface area contributed by atoms with Crippen molar-refractivity contribution in [2.45, 2.75) is 25.4 Å². The summed E-state index contributed by atoms with van der Waals surface area (Å²) in [5.41, 5.74) is 1.89. The SMILES string of the molecule is Clc1cccn2cc(CC3CCCO3)nc12. The second-order valence-corrected chi connectivity index (χ2v) is 4.57. The quantitative estimate of drug-likeness (QED) is 0.802. The van der Waals surface area contributed by atoms with Gasteiger partial charge in [0.1, 0.15) is 0 Å². The van der Waals surface area contributed by atoms with E-state index in [1.54, 1.807) is 0 Å². The molecule has 1 unspecified atom stereocenters. The largest absolute Gasteiger partial charge is 0.378 e. The summed E-state index contributed by atoms with van der Waals surface area (Å²) in [6, 6.07) is 3.78. The summed E-state index contributed by atoms with van der Waals surface area (Å²) in [6.07, 6.45) is 7.53. The van der Waals surface area contributed by atoms with Crippen LogP contribution in [-0.2, 0) is 11.2 Å². The number of hydrogen-bond acceptors (Lipinski definition) is 2. The van der Waals surface area contributed by atoms with Gasteiger partial charge in [0.05, 0.1) is 16.8 Å². The molecule has 2 aromatic heterocycles. The van der Waals surface area contributed by atoms with Crippen LogP contribution in [0.25, 0.3) is 5.65 Å². The molecule has 1 aliphatic heterocycles. The van der Waals surface area contributed by atoms with Crippen LogP contribution in [0.2, 0.25) is 5.02 Å². The third kappa shape index (κ3) is 1.81. The Kier molecular flexibility index (Phi) is 2.58. The third-order valence-corrected chi connectivity index (χ3v) is 3.24. The van der Waals surface area contributed by atoms with Gasteiger partial charge >= 0.3 is 0 Å². The Morgan fingerprint density at radius 3 is 3.25 bits per heavy atom. The molecule has 0 N–H and O–H groups in total. The molecule has 3 heterocycles. The van der Waals surface area contributed by atoms with Crippen LogP contribution < -0.4 is 0 Å². The van der Waals surface area contributed by atoms with Crippen molar-refractivity contribution >= 4 is 17.2 Å². The smallest absolute Gasteiger partial charge is 0.155 e. The van der Waals surface area contributed by atoms with E-state index in [-0.39, 0.29) is 0 Å². The molecule has 1 saturated heterocycles. The Hall–Kier alpha value is -1.06. The highest BCUT2D eigenvalue weighted by molar-refractivity contribution is 6.33. The number of nitrogens with zero attached hydrogens (tertiary/aromatic N) is 2. The highest BCUT2D eigenvalue weighted by Gasteiger charge is 2.17. The lowest BCUT2D eigenvalue weighted by atomic mass is 10.1. The summed E-state index contributed by atoms with van der Waals surface area (Å²) in [6.45, 7) is 0.888. The molecule has 3 rings (SSSR count). The van der Waals surface area contributed by atoms with Gasteiger partial charge in [-0.2, -0.15) is 0 Å². The normalized spacial score (nSPS) is 20.7. The van der Waals surface area contributed by atoms with Crippen molar-refractivity contribution in [1.29, 1.82) is 0 Å². The first-order valence-corrected chi connectivity index (χ1v) is 5.94. The van der Waals surface area contributed by atoms with Gasteiger partial charge in [-0.3, -0.25) is 0 Å². The Morgan fingerprint density at radius 1 is 1.56 bits per heavy atom. The number of ether oxygens (including phenoxy) is 1. The molecule has 0 aliphatic carbocycles. The van der Waals surface area contributed by atoms with E-state index in [1.165, 1.54) is 6.42 Å². The van der Waals surface area contributed by atoms with E-state index in [4.69, 9.17) is 16.3 Å². The van der Waals surface area contributed by atoms with Crippen LogP contribution in [0.15, 0.2) is 24.5 Å². The van der Waals surface area contributed by atoms with Crippen LogP contribution in [0.1, 0.15) is 18.5 Å². The maximum atomic E-state index is 6.07. The van der Waals surface area contributed by atoms with Crippen molar-refractivity contribution in [3.63, 3.8) is 0 Å². The molecule has 0 spiro atoms. The minimum atomic E-state index is 0.337. The van der Waals surface area contributed by atoms with E-state index < -0.39 is 0 Å². The van der Waals surface area contributed by atoms with Crippen molar-refractivity contribution < 1.29 is 4.74 Å². The molecule has 0 saturated carbocycles. The van der Waals surface area contributed by atoms with Crippen molar-refractivity contribution in [2.24, 2.45) is 0 Å². The molecule has 0 bridgehead atoms. The van der Waals surface area contributed by atoms with Crippen LogP contribution in [0.5, 0.6) is 0 Å². The standard InChI is InChI=1S/C12H13ClN2O/c13-11-4-1-5-15-8-9(14-12(11)15)7-10-3-2-6-16-10/h1,4-5,8,10H,2-3,6-7H2. The van der Waals surface area contributed by atoms with E-state index in [2.05, 4.69) is 4.98 Å². The lowest BCUT2D eigenvalue weighted by Gasteiger charge is -2.05. The van der Waals surface area contributed by atoms with Gasteiger partial charge in [-0.15, -0.1) is 0 Å². The molecular formula is C12H13ClN2O. The maximum absolute atomic E-state index is 6.07. The lowest BCUT2D eigenvalue weighted by molar-refractivity contribution is 0.111. The minimum Gasteiger partial charge on any atom is -0.378 e.